The molecular formula is C17H27NO3. The van der Waals surface area contributed by atoms with Gasteiger partial charge < -0.3 is 19.5 Å². The van der Waals surface area contributed by atoms with Crippen molar-refractivity contribution in [2.45, 2.75) is 38.3 Å². The van der Waals surface area contributed by atoms with Crippen molar-refractivity contribution in [2.75, 3.05) is 27.9 Å². The summed E-state index contributed by atoms with van der Waals surface area (Å²) in [7, 11) is 5.38. The lowest BCUT2D eigenvalue weighted by Crippen LogP contribution is -2.34. The van der Waals surface area contributed by atoms with Crippen molar-refractivity contribution < 1.29 is 14.2 Å². The minimum atomic E-state index is 0.321. The first-order valence-electron chi connectivity index (χ1n) is 7.72. The maximum atomic E-state index is 5.64. The van der Waals surface area contributed by atoms with Crippen LogP contribution in [0.3, 0.4) is 0 Å². The molecule has 118 valence electrons. The summed E-state index contributed by atoms with van der Waals surface area (Å²) in [4.78, 5) is 0. The van der Waals surface area contributed by atoms with Crippen molar-refractivity contribution >= 4 is 0 Å². The number of benzene rings is 1. The van der Waals surface area contributed by atoms with E-state index in [-0.39, 0.29) is 0 Å². The zero-order chi connectivity index (χ0) is 15.2. The van der Waals surface area contributed by atoms with E-state index in [9.17, 15) is 0 Å². The van der Waals surface area contributed by atoms with Gasteiger partial charge in [-0.1, -0.05) is 0 Å². The van der Waals surface area contributed by atoms with Crippen LogP contribution in [0.2, 0.25) is 0 Å². The molecule has 0 radical (unpaired) electrons. The Bertz CT molecular complexity index is 421. The van der Waals surface area contributed by atoms with Crippen LogP contribution in [0, 0.1) is 5.92 Å². The topological polar surface area (TPSA) is 39.7 Å². The Balaban J connectivity index is 2.00. The van der Waals surface area contributed by atoms with E-state index < -0.39 is 0 Å². The van der Waals surface area contributed by atoms with Gasteiger partial charge in [0, 0.05) is 18.7 Å². The van der Waals surface area contributed by atoms with Gasteiger partial charge in [-0.3, -0.25) is 0 Å². The van der Waals surface area contributed by atoms with Crippen molar-refractivity contribution in [3.8, 4) is 11.5 Å². The SMILES string of the molecule is CCOC1CC(CC(NC)c2cc(OC)cc(OC)c2)C1. The highest BCUT2D eigenvalue weighted by Gasteiger charge is 2.31. The molecule has 4 heteroatoms. The van der Waals surface area contributed by atoms with Gasteiger partial charge in [-0.15, -0.1) is 0 Å². The Morgan fingerprint density at radius 1 is 1.14 bits per heavy atom. The van der Waals surface area contributed by atoms with Gasteiger partial charge in [0.25, 0.3) is 0 Å². The van der Waals surface area contributed by atoms with E-state index in [0.29, 0.717) is 12.1 Å². The molecule has 1 saturated carbocycles. The summed E-state index contributed by atoms with van der Waals surface area (Å²) < 4.78 is 16.4. The van der Waals surface area contributed by atoms with Crippen molar-refractivity contribution in [3.63, 3.8) is 0 Å². The quantitative estimate of drug-likeness (QED) is 0.799. The lowest BCUT2D eigenvalue weighted by molar-refractivity contribution is -0.0289. The summed E-state index contributed by atoms with van der Waals surface area (Å²) in [6, 6.07) is 6.40. The van der Waals surface area contributed by atoms with Gasteiger partial charge in [-0.05, 0) is 56.8 Å². The second-order valence-electron chi connectivity index (χ2n) is 5.64. The number of nitrogens with one attached hydrogen (secondary N) is 1. The van der Waals surface area contributed by atoms with Crippen molar-refractivity contribution in [1.29, 1.82) is 0 Å². The molecule has 1 aromatic rings. The van der Waals surface area contributed by atoms with Gasteiger partial charge >= 0.3 is 0 Å². The minimum absolute atomic E-state index is 0.321. The van der Waals surface area contributed by atoms with Gasteiger partial charge in [-0.2, -0.15) is 0 Å². The Labute approximate surface area is 127 Å². The molecule has 0 bridgehead atoms. The van der Waals surface area contributed by atoms with Crippen LogP contribution in [0.5, 0.6) is 11.5 Å². The molecule has 1 fully saturated rings. The first-order valence-corrected chi connectivity index (χ1v) is 7.72. The first kappa shape index (κ1) is 16.1. The number of hydrogen-bond acceptors (Lipinski definition) is 4. The fraction of sp³-hybridized carbons (Fsp3) is 0.647. The number of ether oxygens (including phenoxy) is 3. The third-order valence-corrected chi connectivity index (χ3v) is 4.29. The van der Waals surface area contributed by atoms with E-state index in [1.54, 1.807) is 14.2 Å². The Morgan fingerprint density at radius 3 is 2.24 bits per heavy atom. The van der Waals surface area contributed by atoms with Crippen LogP contribution < -0.4 is 14.8 Å². The number of methoxy groups -OCH3 is 2. The molecule has 1 aliphatic rings. The van der Waals surface area contributed by atoms with Crippen LogP contribution in [-0.2, 0) is 4.74 Å². The highest BCUT2D eigenvalue weighted by molar-refractivity contribution is 5.39. The van der Waals surface area contributed by atoms with E-state index in [1.807, 2.05) is 13.1 Å². The van der Waals surface area contributed by atoms with Crippen LogP contribution in [0.4, 0.5) is 0 Å². The molecule has 1 aliphatic carbocycles. The average molecular weight is 293 g/mol. The van der Waals surface area contributed by atoms with Gasteiger partial charge in [0.1, 0.15) is 11.5 Å². The Morgan fingerprint density at radius 2 is 1.76 bits per heavy atom. The van der Waals surface area contributed by atoms with E-state index in [2.05, 4.69) is 24.4 Å². The van der Waals surface area contributed by atoms with Crippen molar-refractivity contribution in [2.24, 2.45) is 5.92 Å². The molecule has 0 aliphatic heterocycles. The largest absolute Gasteiger partial charge is 0.497 e. The standard InChI is InChI=1S/C17H27NO3/c1-5-21-16-6-12(7-16)8-17(18-2)13-9-14(19-3)11-15(10-13)20-4/h9-12,16-18H,5-8H2,1-4H3. The maximum Gasteiger partial charge on any atom is 0.122 e. The maximum absolute atomic E-state index is 5.64. The highest BCUT2D eigenvalue weighted by atomic mass is 16.5. The summed E-state index contributed by atoms with van der Waals surface area (Å²) in [5, 5.41) is 3.41. The van der Waals surface area contributed by atoms with Gasteiger partial charge in [0.15, 0.2) is 0 Å². The molecule has 0 aromatic heterocycles. The van der Waals surface area contributed by atoms with E-state index in [4.69, 9.17) is 14.2 Å². The Kier molecular flexibility index (Phi) is 5.88. The molecule has 4 nitrogen and oxygen atoms in total. The summed E-state index contributed by atoms with van der Waals surface area (Å²) in [5.74, 6) is 2.41. The first-order chi connectivity index (χ1) is 10.2. The van der Waals surface area contributed by atoms with Crippen LogP contribution in [0.25, 0.3) is 0 Å². The molecule has 21 heavy (non-hydrogen) atoms. The smallest absolute Gasteiger partial charge is 0.122 e. The molecule has 0 amide bonds. The fourth-order valence-electron chi connectivity index (χ4n) is 3.02. The molecule has 0 heterocycles. The molecule has 0 saturated heterocycles. The second-order valence-corrected chi connectivity index (χ2v) is 5.64. The van der Waals surface area contributed by atoms with Crippen LogP contribution in [0.15, 0.2) is 18.2 Å². The highest BCUT2D eigenvalue weighted by Crippen LogP contribution is 2.38. The predicted octanol–water partition coefficient (Wildman–Crippen LogP) is 3.17. The molecule has 1 unspecified atom stereocenters. The van der Waals surface area contributed by atoms with Crippen molar-refractivity contribution in [1.82, 2.24) is 5.32 Å². The summed E-state index contributed by atoms with van der Waals surface area (Å²) in [6.45, 7) is 2.88. The number of hydrogen-bond donors (Lipinski definition) is 1. The van der Waals surface area contributed by atoms with Gasteiger partial charge in [0.2, 0.25) is 0 Å². The lowest BCUT2D eigenvalue weighted by Gasteiger charge is -2.37. The molecule has 1 N–H and O–H groups in total. The van der Waals surface area contributed by atoms with Crippen molar-refractivity contribution in [3.05, 3.63) is 23.8 Å². The van der Waals surface area contributed by atoms with Crippen LogP contribution in [-0.4, -0.2) is 34.0 Å². The predicted molar refractivity (Wildman–Crippen MR) is 84.1 cm³/mol. The summed E-state index contributed by atoms with van der Waals surface area (Å²) in [5.41, 5.74) is 1.22. The molecule has 2 rings (SSSR count). The number of rotatable bonds is 8. The van der Waals surface area contributed by atoms with E-state index in [1.165, 1.54) is 18.4 Å². The van der Waals surface area contributed by atoms with E-state index >= 15 is 0 Å². The summed E-state index contributed by atoms with van der Waals surface area (Å²) in [6.07, 6.45) is 3.94. The van der Waals surface area contributed by atoms with Gasteiger partial charge in [-0.25, -0.2) is 0 Å². The molecule has 1 aromatic carbocycles. The van der Waals surface area contributed by atoms with Gasteiger partial charge in [0.05, 0.1) is 20.3 Å². The normalized spacial score (nSPS) is 22.5. The molecule has 1 atom stereocenters. The monoisotopic (exact) mass is 293 g/mol. The zero-order valence-corrected chi connectivity index (χ0v) is 13.5. The minimum Gasteiger partial charge on any atom is -0.497 e. The lowest BCUT2D eigenvalue weighted by atomic mass is 9.77. The fourth-order valence-corrected chi connectivity index (χ4v) is 3.02. The third-order valence-electron chi connectivity index (χ3n) is 4.29. The Hall–Kier alpha value is -1.26. The van der Waals surface area contributed by atoms with Crippen LogP contribution in [0.1, 0.15) is 37.8 Å². The summed E-state index contributed by atoms with van der Waals surface area (Å²) >= 11 is 0. The third kappa shape index (κ3) is 4.11. The molecule has 0 spiro atoms. The molecular weight excluding hydrogens is 266 g/mol. The van der Waals surface area contributed by atoms with Crippen LogP contribution >= 0.6 is 0 Å². The second kappa shape index (κ2) is 7.66. The van der Waals surface area contributed by atoms with E-state index in [0.717, 1.165) is 30.4 Å². The zero-order valence-electron chi connectivity index (χ0n) is 13.5. The average Bonchev–Trinajstić information content (AvgIpc) is 2.48.